The fourth-order valence-electron chi connectivity index (χ4n) is 2.58. The van der Waals surface area contributed by atoms with Crippen LogP contribution in [0.1, 0.15) is 15.9 Å². The van der Waals surface area contributed by atoms with E-state index in [0.29, 0.717) is 12.4 Å². The molecule has 0 unspecified atom stereocenters. The van der Waals surface area contributed by atoms with Gasteiger partial charge in [0.1, 0.15) is 12.4 Å². The molecule has 0 bridgehead atoms. The van der Waals surface area contributed by atoms with Crippen LogP contribution in [0.5, 0.6) is 5.75 Å². The van der Waals surface area contributed by atoms with Crippen molar-refractivity contribution in [2.45, 2.75) is 17.3 Å². The topological polar surface area (TPSA) is 72.5 Å². The normalized spacial score (nSPS) is 11.3. The fourth-order valence-corrected chi connectivity index (χ4v) is 3.46. The van der Waals surface area contributed by atoms with Crippen LogP contribution in [-0.2, 0) is 16.4 Å². The van der Waals surface area contributed by atoms with E-state index in [4.69, 9.17) is 4.74 Å². The molecule has 0 radical (unpaired) electrons. The molecule has 8 heteroatoms. The largest absolute Gasteiger partial charge is 0.489 e. The Bertz CT molecular complexity index is 1100. The summed E-state index contributed by atoms with van der Waals surface area (Å²) in [5.74, 6) is -3.79. The molecule has 0 saturated heterocycles. The molecule has 1 N–H and O–H groups in total. The lowest BCUT2D eigenvalue weighted by molar-refractivity contribution is 0.102. The molecule has 0 aliphatic carbocycles. The quantitative estimate of drug-likeness (QED) is 0.614. The van der Waals surface area contributed by atoms with Crippen LogP contribution in [0.15, 0.2) is 83.8 Å². The number of para-hydroxylation sites is 1. The third kappa shape index (κ3) is 4.97. The van der Waals surface area contributed by atoms with Crippen molar-refractivity contribution in [2.24, 2.45) is 0 Å². The predicted molar refractivity (Wildman–Crippen MR) is 105 cm³/mol. The summed E-state index contributed by atoms with van der Waals surface area (Å²) in [5.41, 5.74) is 0.932. The van der Waals surface area contributed by atoms with Gasteiger partial charge in [-0.15, -0.1) is 0 Å². The maximum absolute atomic E-state index is 12.9. The summed E-state index contributed by atoms with van der Waals surface area (Å²) in [7, 11) is -4.86. The minimum absolute atomic E-state index is 0.194. The third-order valence-corrected chi connectivity index (χ3v) is 5.46. The van der Waals surface area contributed by atoms with Crippen molar-refractivity contribution >= 4 is 21.4 Å². The Morgan fingerprint density at radius 2 is 1.62 bits per heavy atom. The molecule has 3 aromatic rings. The van der Waals surface area contributed by atoms with Gasteiger partial charge in [0.05, 0.1) is 10.6 Å². The summed E-state index contributed by atoms with van der Waals surface area (Å²) < 4.78 is 55.1. The smallest absolute Gasteiger partial charge is 0.341 e. The van der Waals surface area contributed by atoms with Crippen LogP contribution >= 0.6 is 0 Å². The minimum atomic E-state index is -4.86. The molecule has 0 saturated carbocycles. The van der Waals surface area contributed by atoms with E-state index < -0.39 is 26.4 Å². The van der Waals surface area contributed by atoms with Crippen molar-refractivity contribution in [2.75, 3.05) is 5.32 Å². The Hall–Kier alpha value is -3.26. The Kier molecular flexibility index (Phi) is 6.23. The first-order valence-electron chi connectivity index (χ1n) is 8.57. The number of hydrogen-bond acceptors (Lipinski definition) is 4. The first-order chi connectivity index (χ1) is 13.9. The Morgan fingerprint density at radius 1 is 0.931 bits per heavy atom. The van der Waals surface area contributed by atoms with Crippen LogP contribution in [-0.4, -0.2) is 20.1 Å². The molecule has 150 valence electrons. The molecule has 0 atom stereocenters. The second kappa shape index (κ2) is 8.83. The molecular weight excluding hydrogens is 400 g/mol. The van der Waals surface area contributed by atoms with Crippen LogP contribution in [0.3, 0.4) is 0 Å². The average Bonchev–Trinajstić information content (AvgIpc) is 2.73. The summed E-state index contributed by atoms with van der Waals surface area (Å²) in [6.07, 6.45) is 0. The van der Waals surface area contributed by atoms with Crippen molar-refractivity contribution in [3.63, 3.8) is 0 Å². The second-order valence-corrected chi connectivity index (χ2v) is 7.94. The zero-order valence-electron chi connectivity index (χ0n) is 15.1. The lowest BCUT2D eigenvalue weighted by atomic mass is 10.2. The summed E-state index contributed by atoms with van der Waals surface area (Å²) in [6, 6.07) is 20.8. The third-order valence-electron chi connectivity index (χ3n) is 4.02. The van der Waals surface area contributed by atoms with Crippen LogP contribution in [0.4, 0.5) is 14.5 Å². The van der Waals surface area contributed by atoms with Crippen LogP contribution in [0.25, 0.3) is 0 Å². The van der Waals surface area contributed by atoms with Gasteiger partial charge in [-0.2, -0.15) is 8.78 Å². The van der Waals surface area contributed by atoms with E-state index in [1.165, 1.54) is 30.3 Å². The monoisotopic (exact) mass is 417 g/mol. The summed E-state index contributed by atoms with van der Waals surface area (Å²) in [6.45, 7) is 0.307. The second-order valence-electron chi connectivity index (χ2n) is 6.06. The summed E-state index contributed by atoms with van der Waals surface area (Å²) in [5, 5.41) is 2.38. The van der Waals surface area contributed by atoms with E-state index in [1.54, 1.807) is 12.1 Å². The minimum Gasteiger partial charge on any atom is -0.489 e. The number of carbonyl (C=O) groups is 1. The average molecular weight is 417 g/mol. The van der Waals surface area contributed by atoms with E-state index in [2.05, 4.69) is 5.32 Å². The van der Waals surface area contributed by atoms with Crippen LogP contribution < -0.4 is 10.1 Å². The van der Waals surface area contributed by atoms with Gasteiger partial charge in [0.25, 0.3) is 5.91 Å². The zero-order chi connectivity index (χ0) is 20.9. The van der Waals surface area contributed by atoms with Gasteiger partial charge in [0.2, 0.25) is 9.84 Å². The van der Waals surface area contributed by atoms with Gasteiger partial charge in [0, 0.05) is 5.56 Å². The highest BCUT2D eigenvalue weighted by Crippen LogP contribution is 2.27. The lowest BCUT2D eigenvalue weighted by Gasteiger charge is -2.12. The molecule has 0 aromatic heterocycles. The van der Waals surface area contributed by atoms with Gasteiger partial charge in [0.15, 0.2) is 0 Å². The molecule has 0 aliphatic heterocycles. The highest BCUT2D eigenvalue weighted by molar-refractivity contribution is 7.91. The summed E-state index contributed by atoms with van der Waals surface area (Å²) in [4.78, 5) is 11.9. The number of anilines is 1. The predicted octanol–water partition coefficient (Wildman–Crippen LogP) is 4.51. The van der Waals surface area contributed by atoms with E-state index >= 15 is 0 Å². The summed E-state index contributed by atoms with van der Waals surface area (Å²) >= 11 is 0. The molecule has 29 heavy (non-hydrogen) atoms. The van der Waals surface area contributed by atoms with E-state index in [0.717, 1.165) is 11.6 Å². The number of ether oxygens (including phenoxy) is 1. The van der Waals surface area contributed by atoms with Gasteiger partial charge in [-0.1, -0.05) is 48.5 Å². The van der Waals surface area contributed by atoms with E-state index in [9.17, 15) is 22.0 Å². The standard InChI is InChI=1S/C21H17F2NO4S/c22-21(23)29(26,27)19-12-5-4-11-18(19)24-20(25)16-9-6-10-17(13-16)28-14-15-7-2-1-3-8-15/h1-13,21H,14H2,(H,24,25). The fraction of sp³-hybridized carbons (Fsp3) is 0.0952. The van der Waals surface area contributed by atoms with Crippen molar-refractivity contribution in [3.8, 4) is 5.75 Å². The van der Waals surface area contributed by atoms with Gasteiger partial charge in [-0.05, 0) is 35.9 Å². The number of benzene rings is 3. The van der Waals surface area contributed by atoms with Crippen LogP contribution in [0.2, 0.25) is 0 Å². The van der Waals surface area contributed by atoms with Gasteiger partial charge in [-0.25, -0.2) is 8.42 Å². The molecule has 1 amide bonds. The Morgan fingerprint density at radius 3 is 2.34 bits per heavy atom. The van der Waals surface area contributed by atoms with Gasteiger partial charge >= 0.3 is 5.76 Å². The highest BCUT2D eigenvalue weighted by Gasteiger charge is 2.29. The molecule has 3 aromatic carbocycles. The highest BCUT2D eigenvalue weighted by atomic mass is 32.2. The van der Waals surface area contributed by atoms with E-state index in [1.807, 2.05) is 30.3 Å². The maximum atomic E-state index is 12.9. The first-order valence-corrected chi connectivity index (χ1v) is 10.1. The van der Waals surface area contributed by atoms with E-state index in [-0.39, 0.29) is 11.3 Å². The number of alkyl halides is 2. The molecule has 5 nitrogen and oxygen atoms in total. The number of nitrogens with one attached hydrogen (secondary N) is 1. The number of amides is 1. The number of hydrogen-bond donors (Lipinski definition) is 1. The van der Waals surface area contributed by atoms with Crippen molar-refractivity contribution in [3.05, 3.63) is 90.0 Å². The number of sulfone groups is 1. The number of rotatable bonds is 7. The molecular formula is C21H17F2NO4S. The molecule has 0 fully saturated rings. The molecule has 0 heterocycles. The van der Waals surface area contributed by atoms with Crippen LogP contribution in [0, 0.1) is 0 Å². The molecule has 3 rings (SSSR count). The van der Waals surface area contributed by atoms with Crippen molar-refractivity contribution in [1.29, 1.82) is 0 Å². The first kappa shape index (κ1) is 20.5. The Labute approximate surface area is 166 Å². The maximum Gasteiger partial charge on any atom is 0.341 e. The lowest BCUT2D eigenvalue weighted by Crippen LogP contribution is -2.17. The SMILES string of the molecule is O=C(Nc1ccccc1S(=O)(=O)C(F)F)c1cccc(OCc2ccccc2)c1. The number of carbonyl (C=O) groups excluding carboxylic acids is 1. The molecule has 0 spiro atoms. The van der Waals surface area contributed by atoms with Gasteiger partial charge < -0.3 is 10.1 Å². The number of halogens is 2. The van der Waals surface area contributed by atoms with Crippen molar-refractivity contribution < 1.29 is 26.7 Å². The van der Waals surface area contributed by atoms with Gasteiger partial charge in [-0.3, -0.25) is 4.79 Å². The van der Waals surface area contributed by atoms with Crippen molar-refractivity contribution in [1.82, 2.24) is 0 Å². The Balaban J connectivity index is 1.77. The zero-order valence-corrected chi connectivity index (χ0v) is 15.9. The molecule has 0 aliphatic rings.